The Kier molecular flexibility index (Phi) is 3.96. The average molecular weight is 258 g/mol. The molecule has 0 saturated heterocycles. The lowest BCUT2D eigenvalue weighted by molar-refractivity contribution is -0.384. The van der Waals surface area contributed by atoms with Crippen molar-refractivity contribution in [2.24, 2.45) is 0 Å². The van der Waals surface area contributed by atoms with Gasteiger partial charge in [0, 0.05) is 6.07 Å². The molecule has 0 bridgehead atoms. The molecular weight excluding hydrogens is 253 g/mol. The molecule has 0 aliphatic heterocycles. The molecule has 1 aromatic rings. The Labute approximate surface area is 99.8 Å². The number of nitriles is 1. The van der Waals surface area contributed by atoms with Gasteiger partial charge < -0.3 is 5.32 Å². The van der Waals surface area contributed by atoms with Crippen LogP contribution in [-0.4, -0.2) is 10.8 Å². The zero-order valence-corrected chi connectivity index (χ0v) is 8.99. The molecule has 17 heavy (non-hydrogen) atoms. The molecule has 1 amide bonds. The second kappa shape index (κ2) is 5.23. The van der Waals surface area contributed by atoms with Crippen LogP contribution in [0.4, 0.5) is 15.8 Å². The van der Waals surface area contributed by atoms with E-state index in [0.29, 0.717) is 0 Å². The van der Waals surface area contributed by atoms with E-state index in [-0.39, 0.29) is 0 Å². The standard InChI is InChI=1S/C9H5ClFN3O3/c10-8-5(11)1-2-6(14(16)17)9(8)13-7(15)3-4-12/h1-2H,3H2,(H,13,15). The molecule has 0 saturated carbocycles. The predicted octanol–water partition coefficient (Wildman–Crippen LogP) is 2.24. The Morgan fingerprint density at radius 2 is 2.29 bits per heavy atom. The fourth-order valence-corrected chi connectivity index (χ4v) is 1.27. The van der Waals surface area contributed by atoms with Crippen LogP contribution in [0.2, 0.25) is 5.02 Å². The molecule has 88 valence electrons. The monoisotopic (exact) mass is 257 g/mol. The highest BCUT2D eigenvalue weighted by Crippen LogP contribution is 2.34. The lowest BCUT2D eigenvalue weighted by atomic mass is 10.2. The molecule has 0 aromatic heterocycles. The molecule has 0 aliphatic rings. The Morgan fingerprint density at radius 1 is 1.65 bits per heavy atom. The van der Waals surface area contributed by atoms with Crippen molar-refractivity contribution >= 4 is 28.9 Å². The summed E-state index contributed by atoms with van der Waals surface area (Å²) in [5.74, 6) is -1.70. The van der Waals surface area contributed by atoms with E-state index in [1.807, 2.05) is 5.32 Å². The summed E-state index contributed by atoms with van der Waals surface area (Å²) in [6.07, 6.45) is -0.510. The van der Waals surface area contributed by atoms with E-state index in [9.17, 15) is 19.3 Å². The number of nitrogens with zero attached hydrogens (tertiary/aromatic N) is 2. The Balaban J connectivity index is 3.20. The van der Waals surface area contributed by atoms with Crippen molar-refractivity contribution in [3.8, 4) is 6.07 Å². The maximum absolute atomic E-state index is 13.1. The lowest BCUT2D eigenvalue weighted by Gasteiger charge is -2.06. The Bertz CT molecular complexity index is 527. The normalized spacial score (nSPS) is 9.47. The summed E-state index contributed by atoms with van der Waals surface area (Å²) in [4.78, 5) is 20.9. The number of nitro groups is 1. The second-order valence-electron chi connectivity index (χ2n) is 2.90. The van der Waals surface area contributed by atoms with Crippen LogP contribution in [0, 0.1) is 27.3 Å². The Hall–Kier alpha value is -2.20. The third kappa shape index (κ3) is 2.89. The number of hydrogen-bond donors (Lipinski definition) is 1. The second-order valence-corrected chi connectivity index (χ2v) is 3.27. The number of nitrogens with one attached hydrogen (secondary N) is 1. The quantitative estimate of drug-likeness (QED) is 0.663. The van der Waals surface area contributed by atoms with E-state index in [4.69, 9.17) is 16.9 Å². The number of hydrogen-bond acceptors (Lipinski definition) is 4. The van der Waals surface area contributed by atoms with Gasteiger partial charge in [0.05, 0.1) is 11.0 Å². The fraction of sp³-hybridized carbons (Fsp3) is 0.111. The topological polar surface area (TPSA) is 96.0 Å². The Morgan fingerprint density at radius 3 is 2.82 bits per heavy atom. The molecule has 1 N–H and O–H groups in total. The smallest absolute Gasteiger partial charge is 0.294 e. The highest BCUT2D eigenvalue weighted by Gasteiger charge is 2.21. The zero-order chi connectivity index (χ0) is 13.0. The van der Waals surface area contributed by atoms with Crippen LogP contribution in [0.15, 0.2) is 12.1 Å². The maximum Gasteiger partial charge on any atom is 0.294 e. The summed E-state index contributed by atoms with van der Waals surface area (Å²) >= 11 is 5.51. The number of halogens is 2. The first-order valence-corrected chi connectivity index (χ1v) is 4.64. The van der Waals surface area contributed by atoms with E-state index in [1.165, 1.54) is 0 Å². The summed E-state index contributed by atoms with van der Waals surface area (Å²) in [7, 11) is 0. The van der Waals surface area contributed by atoms with Crippen molar-refractivity contribution in [2.45, 2.75) is 6.42 Å². The number of carbonyl (C=O) groups excluding carboxylic acids is 1. The van der Waals surface area contributed by atoms with Crippen LogP contribution >= 0.6 is 11.6 Å². The van der Waals surface area contributed by atoms with Crippen molar-refractivity contribution in [1.29, 1.82) is 5.26 Å². The number of anilines is 1. The van der Waals surface area contributed by atoms with Crippen molar-refractivity contribution in [1.82, 2.24) is 0 Å². The van der Waals surface area contributed by atoms with Crippen LogP contribution in [0.5, 0.6) is 0 Å². The van der Waals surface area contributed by atoms with Crippen LogP contribution in [-0.2, 0) is 4.79 Å². The van der Waals surface area contributed by atoms with Gasteiger partial charge >= 0.3 is 0 Å². The fourth-order valence-electron chi connectivity index (χ4n) is 1.07. The molecule has 0 atom stereocenters. The summed E-state index contributed by atoms with van der Waals surface area (Å²) in [6, 6.07) is 3.25. The third-order valence-electron chi connectivity index (χ3n) is 1.77. The highest BCUT2D eigenvalue weighted by molar-refractivity contribution is 6.34. The van der Waals surface area contributed by atoms with E-state index in [0.717, 1.165) is 12.1 Å². The van der Waals surface area contributed by atoms with Crippen molar-refractivity contribution in [2.75, 3.05) is 5.32 Å². The molecule has 6 nitrogen and oxygen atoms in total. The molecule has 1 rings (SSSR count). The summed E-state index contributed by atoms with van der Waals surface area (Å²) in [5.41, 5.74) is -0.986. The van der Waals surface area contributed by atoms with E-state index in [1.54, 1.807) is 6.07 Å². The zero-order valence-electron chi connectivity index (χ0n) is 8.24. The first-order valence-electron chi connectivity index (χ1n) is 4.26. The van der Waals surface area contributed by atoms with Gasteiger partial charge in [0.25, 0.3) is 5.69 Å². The molecule has 0 radical (unpaired) electrons. The van der Waals surface area contributed by atoms with Crippen LogP contribution in [0.3, 0.4) is 0 Å². The summed E-state index contributed by atoms with van der Waals surface area (Å²) < 4.78 is 13.1. The van der Waals surface area contributed by atoms with Gasteiger partial charge in [0.2, 0.25) is 5.91 Å². The lowest BCUT2D eigenvalue weighted by Crippen LogP contribution is -2.12. The van der Waals surface area contributed by atoms with Gasteiger partial charge in [0.1, 0.15) is 22.9 Å². The SMILES string of the molecule is N#CCC(=O)Nc1c([N+](=O)[O-])ccc(F)c1Cl. The molecule has 0 spiro atoms. The van der Waals surface area contributed by atoms with Crippen molar-refractivity contribution < 1.29 is 14.1 Å². The van der Waals surface area contributed by atoms with E-state index >= 15 is 0 Å². The van der Waals surface area contributed by atoms with E-state index in [2.05, 4.69) is 0 Å². The van der Waals surface area contributed by atoms with Crippen molar-refractivity contribution in [3.63, 3.8) is 0 Å². The van der Waals surface area contributed by atoms with Gasteiger partial charge in [-0.2, -0.15) is 5.26 Å². The minimum atomic E-state index is -0.899. The van der Waals surface area contributed by atoms with Gasteiger partial charge in [-0.1, -0.05) is 11.6 Å². The van der Waals surface area contributed by atoms with Gasteiger partial charge in [-0.15, -0.1) is 0 Å². The molecule has 0 heterocycles. The highest BCUT2D eigenvalue weighted by atomic mass is 35.5. The third-order valence-corrected chi connectivity index (χ3v) is 2.14. The maximum atomic E-state index is 13.1. The van der Waals surface area contributed by atoms with Crippen molar-refractivity contribution in [3.05, 3.63) is 33.1 Å². The first kappa shape index (κ1) is 12.9. The number of amides is 1. The molecular formula is C9H5ClFN3O3. The van der Waals surface area contributed by atoms with Crippen LogP contribution in [0.25, 0.3) is 0 Å². The average Bonchev–Trinajstić information content (AvgIpc) is 2.25. The number of rotatable bonds is 3. The first-order chi connectivity index (χ1) is 7.97. The van der Waals surface area contributed by atoms with Gasteiger partial charge in [0.15, 0.2) is 0 Å². The van der Waals surface area contributed by atoms with Gasteiger partial charge in [-0.3, -0.25) is 14.9 Å². The molecule has 8 heteroatoms. The molecule has 1 aromatic carbocycles. The van der Waals surface area contributed by atoms with Gasteiger partial charge in [-0.25, -0.2) is 4.39 Å². The predicted molar refractivity (Wildman–Crippen MR) is 56.9 cm³/mol. The largest absolute Gasteiger partial charge is 0.318 e. The summed E-state index contributed by atoms with van der Waals surface area (Å²) in [5, 5.41) is 20.4. The number of nitro benzene ring substituents is 1. The van der Waals surface area contributed by atoms with Crippen LogP contribution in [0.1, 0.15) is 6.42 Å². The summed E-state index contributed by atoms with van der Waals surface area (Å²) in [6.45, 7) is 0. The number of carbonyl (C=O) groups is 1. The molecule has 0 fully saturated rings. The molecule has 0 unspecified atom stereocenters. The minimum absolute atomic E-state index is 0.447. The minimum Gasteiger partial charge on any atom is -0.318 e. The van der Waals surface area contributed by atoms with Crippen LogP contribution < -0.4 is 5.32 Å². The van der Waals surface area contributed by atoms with E-state index < -0.39 is 39.5 Å². The van der Waals surface area contributed by atoms with Gasteiger partial charge in [-0.05, 0) is 6.07 Å². The number of benzene rings is 1. The molecule has 0 aliphatic carbocycles.